The van der Waals surface area contributed by atoms with Crippen molar-refractivity contribution in [1.29, 1.82) is 0 Å². The Balaban J connectivity index is 1.62. The van der Waals surface area contributed by atoms with Crippen LogP contribution in [0.5, 0.6) is 0 Å². The SMILES string of the molecule is Fc1cc(CNC2CC2)cc(SCc2ccccc2)c1. The van der Waals surface area contributed by atoms with Gasteiger partial charge < -0.3 is 5.32 Å². The maximum Gasteiger partial charge on any atom is 0.124 e. The number of thioether (sulfide) groups is 1. The summed E-state index contributed by atoms with van der Waals surface area (Å²) in [4.78, 5) is 1.00. The van der Waals surface area contributed by atoms with Gasteiger partial charge in [-0.1, -0.05) is 30.3 Å². The van der Waals surface area contributed by atoms with Crippen molar-refractivity contribution >= 4 is 11.8 Å². The standard InChI is InChI=1S/C17H18FNS/c18-15-8-14(11-19-16-6-7-16)9-17(10-15)20-12-13-4-2-1-3-5-13/h1-5,8-10,16,19H,6-7,11-12H2. The molecule has 2 aromatic rings. The summed E-state index contributed by atoms with van der Waals surface area (Å²) in [6.45, 7) is 0.765. The minimum absolute atomic E-state index is 0.143. The van der Waals surface area contributed by atoms with E-state index < -0.39 is 0 Å². The Morgan fingerprint density at radius 1 is 1.05 bits per heavy atom. The molecule has 0 amide bonds. The predicted molar refractivity (Wildman–Crippen MR) is 82.3 cm³/mol. The third-order valence-corrected chi connectivity index (χ3v) is 4.40. The largest absolute Gasteiger partial charge is 0.310 e. The van der Waals surface area contributed by atoms with Crippen LogP contribution in [0.4, 0.5) is 4.39 Å². The molecule has 0 atom stereocenters. The van der Waals surface area contributed by atoms with Gasteiger partial charge >= 0.3 is 0 Å². The Morgan fingerprint density at radius 2 is 1.85 bits per heavy atom. The Morgan fingerprint density at radius 3 is 2.60 bits per heavy atom. The zero-order valence-corrected chi connectivity index (χ0v) is 12.1. The third-order valence-electron chi connectivity index (χ3n) is 3.35. The van der Waals surface area contributed by atoms with Gasteiger partial charge in [-0.25, -0.2) is 4.39 Å². The number of benzene rings is 2. The van der Waals surface area contributed by atoms with E-state index >= 15 is 0 Å². The molecule has 1 saturated carbocycles. The van der Waals surface area contributed by atoms with Crippen molar-refractivity contribution in [3.63, 3.8) is 0 Å². The lowest BCUT2D eigenvalue weighted by Crippen LogP contribution is -2.15. The second-order valence-electron chi connectivity index (χ2n) is 5.22. The van der Waals surface area contributed by atoms with Crippen LogP contribution in [0.2, 0.25) is 0 Å². The lowest BCUT2D eigenvalue weighted by molar-refractivity contribution is 0.615. The van der Waals surface area contributed by atoms with E-state index in [1.54, 1.807) is 23.9 Å². The topological polar surface area (TPSA) is 12.0 Å². The van der Waals surface area contributed by atoms with Gasteiger partial charge in [-0.15, -0.1) is 11.8 Å². The third kappa shape index (κ3) is 4.09. The first-order chi connectivity index (χ1) is 9.79. The summed E-state index contributed by atoms with van der Waals surface area (Å²) >= 11 is 1.68. The Bertz CT molecular complexity index is 566. The van der Waals surface area contributed by atoms with Gasteiger partial charge in [-0.2, -0.15) is 0 Å². The zero-order valence-electron chi connectivity index (χ0n) is 11.3. The number of hydrogen-bond acceptors (Lipinski definition) is 2. The first-order valence-electron chi connectivity index (χ1n) is 6.99. The van der Waals surface area contributed by atoms with E-state index in [1.807, 2.05) is 18.2 Å². The van der Waals surface area contributed by atoms with Crippen LogP contribution in [0.1, 0.15) is 24.0 Å². The molecule has 1 N–H and O–H groups in total. The van der Waals surface area contributed by atoms with Crippen molar-refractivity contribution in [3.05, 3.63) is 65.5 Å². The molecule has 0 unspecified atom stereocenters. The van der Waals surface area contributed by atoms with Crippen LogP contribution >= 0.6 is 11.8 Å². The minimum atomic E-state index is -0.143. The number of hydrogen-bond donors (Lipinski definition) is 1. The van der Waals surface area contributed by atoms with Crippen molar-refractivity contribution in [2.75, 3.05) is 0 Å². The van der Waals surface area contributed by atoms with Crippen LogP contribution in [0.15, 0.2) is 53.4 Å². The second-order valence-corrected chi connectivity index (χ2v) is 6.27. The molecule has 0 radical (unpaired) electrons. The minimum Gasteiger partial charge on any atom is -0.310 e. The first-order valence-corrected chi connectivity index (χ1v) is 7.98. The second kappa shape index (κ2) is 6.42. The summed E-state index contributed by atoms with van der Waals surface area (Å²) in [5.74, 6) is 0.732. The average molecular weight is 287 g/mol. The number of halogens is 1. The smallest absolute Gasteiger partial charge is 0.124 e. The van der Waals surface area contributed by atoms with Crippen LogP contribution in [0.3, 0.4) is 0 Å². The summed E-state index contributed by atoms with van der Waals surface area (Å²) in [5.41, 5.74) is 2.30. The summed E-state index contributed by atoms with van der Waals surface area (Å²) in [5, 5.41) is 3.43. The van der Waals surface area contributed by atoms with Crippen LogP contribution in [0, 0.1) is 5.82 Å². The summed E-state index contributed by atoms with van der Waals surface area (Å²) < 4.78 is 13.7. The first kappa shape index (κ1) is 13.7. The van der Waals surface area contributed by atoms with Gasteiger partial charge in [-0.3, -0.25) is 0 Å². The lowest BCUT2D eigenvalue weighted by Gasteiger charge is -2.07. The van der Waals surface area contributed by atoms with Crippen molar-refractivity contribution in [1.82, 2.24) is 5.32 Å². The van der Waals surface area contributed by atoms with Crippen molar-refractivity contribution in [3.8, 4) is 0 Å². The molecule has 3 rings (SSSR count). The molecule has 1 fully saturated rings. The van der Waals surface area contributed by atoms with Crippen molar-refractivity contribution < 1.29 is 4.39 Å². The summed E-state index contributed by atoms with van der Waals surface area (Å²) in [6.07, 6.45) is 2.51. The van der Waals surface area contributed by atoms with Gasteiger partial charge in [0.15, 0.2) is 0 Å². The molecule has 0 saturated heterocycles. The Labute approximate surface area is 123 Å². The molecule has 20 heavy (non-hydrogen) atoms. The van der Waals surface area contributed by atoms with Crippen molar-refractivity contribution in [2.24, 2.45) is 0 Å². The van der Waals surface area contributed by atoms with Crippen LogP contribution < -0.4 is 5.32 Å². The Kier molecular flexibility index (Phi) is 4.38. The fourth-order valence-electron chi connectivity index (χ4n) is 2.10. The maximum atomic E-state index is 13.7. The molecule has 0 aromatic heterocycles. The highest BCUT2D eigenvalue weighted by molar-refractivity contribution is 7.98. The highest BCUT2D eigenvalue weighted by Gasteiger charge is 2.20. The molecular formula is C17H18FNS. The molecule has 1 nitrogen and oxygen atoms in total. The zero-order chi connectivity index (χ0) is 13.8. The predicted octanol–water partition coefficient (Wildman–Crippen LogP) is 4.37. The van der Waals surface area contributed by atoms with Crippen LogP contribution in [-0.4, -0.2) is 6.04 Å². The molecular weight excluding hydrogens is 269 g/mol. The van der Waals surface area contributed by atoms with Crippen LogP contribution in [-0.2, 0) is 12.3 Å². The quantitative estimate of drug-likeness (QED) is 0.792. The molecule has 1 aliphatic carbocycles. The molecule has 0 bridgehead atoms. The van der Waals surface area contributed by atoms with Gasteiger partial charge in [0.1, 0.15) is 5.82 Å². The summed E-state index contributed by atoms with van der Waals surface area (Å²) in [7, 11) is 0. The highest BCUT2D eigenvalue weighted by atomic mass is 32.2. The molecule has 1 aliphatic rings. The van der Waals surface area contributed by atoms with E-state index in [4.69, 9.17) is 0 Å². The number of rotatable bonds is 6. The van der Waals surface area contributed by atoms with E-state index in [2.05, 4.69) is 23.5 Å². The van der Waals surface area contributed by atoms with E-state index in [9.17, 15) is 4.39 Å². The van der Waals surface area contributed by atoms with E-state index in [-0.39, 0.29) is 5.82 Å². The van der Waals surface area contributed by atoms with Crippen molar-refractivity contribution in [2.45, 2.75) is 36.1 Å². The monoisotopic (exact) mass is 287 g/mol. The van der Waals surface area contributed by atoms with E-state index in [0.717, 1.165) is 22.8 Å². The van der Waals surface area contributed by atoms with Crippen LogP contribution in [0.25, 0.3) is 0 Å². The molecule has 3 heteroatoms. The van der Waals surface area contributed by atoms with E-state index in [1.165, 1.54) is 18.4 Å². The van der Waals surface area contributed by atoms with Gasteiger partial charge in [-0.05, 0) is 42.2 Å². The van der Waals surface area contributed by atoms with Gasteiger partial charge in [0.2, 0.25) is 0 Å². The molecule has 104 valence electrons. The maximum absolute atomic E-state index is 13.7. The normalized spacial score (nSPS) is 14.4. The van der Waals surface area contributed by atoms with Gasteiger partial charge in [0.05, 0.1) is 0 Å². The fraction of sp³-hybridized carbons (Fsp3) is 0.294. The summed E-state index contributed by atoms with van der Waals surface area (Å²) in [6, 6.07) is 16.3. The molecule has 0 heterocycles. The average Bonchev–Trinajstić information content (AvgIpc) is 3.28. The fourth-order valence-corrected chi connectivity index (χ4v) is 3.05. The van der Waals surface area contributed by atoms with Gasteiger partial charge in [0.25, 0.3) is 0 Å². The van der Waals surface area contributed by atoms with E-state index in [0.29, 0.717) is 6.04 Å². The number of nitrogens with one attached hydrogen (secondary N) is 1. The lowest BCUT2D eigenvalue weighted by atomic mass is 10.2. The molecule has 0 aliphatic heterocycles. The van der Waals surface area contributed by atoms with Gasteiger partial charge in [0, 0.05) is 23.2 Å². The molecule has 2 aromatic carbocycles. The highest BCUT2D eigenvalue weighted by Crippen LogP contribution is 2.25. The Hall–Kier alpha value is -1.32. The molecule has 0 spiro atoms.